The smallest absolute Gasteiger partial charge is 0.490 e. The average Bonchev–Trinajstić information content (AvgIpc) is 3.15. The van der Waals surface area contributed by atoms with Crippen LogP contribution >= 0.6 is 0 Å². The zero-order valence-electron chi connectivity index (χ0n) is 20.8. The van der Waals surface area contributed by atoms with Crippen LogP contribution in [0.25, 0.3) is 0 Å². The Hall–Kier alpha value is -2.69. The predicted octanol–water partition coefficient (Wildman–Crippen LogP) is 3.75. The van der Waals surface area contributed by atoms with Crippen molar-refractivity contribution in [2.75, 3.05) is 34.4 Å². The van der Waals surface area contributed by atoms with Gasteiger partial charge in [-0.15, -0.1) is 0 Å². The zero-order chi connectivity index (χ0) is 26.2. The summed E-state index contributed by atoms with van der Waals surface area (Å²) in [6.07, 6.45) is 1.59. The number of ether oxygens (including phenoxy) is 2. The lowest BCUT2D eigenvalue weighted by molar-refractivity contribution is -0.192. The van der Waals surface area contributed by atoms with Crippen LogP contribution in [0.1, 0.15) is 51.0 Å². The fourth-order valence-electron chi connectivity index (χ4n) is 5.04. The highest BCUT2D eigenvalue weighted by atomic mass is 19.4. The molecule has 0 bridgehead atoms. The van der Waals surface area contributed by atoms with Crippen LogP contribution in [0.2, 0.25) is 0 Å². The molecule has 11 heteroatoms. The highest BCUT2D eigenvalue weighted by Gasteiger charge is 2.50. The number of fused-ring (bicyclic) bond motifs is 1. The van der Waals surface area contributed by atoms with Crippen molar-refractivity contribution < 1.29 is 32.5 Å². The number of benzene rings is 1. The minimum absolute atomic E-state index is 0.157. The second-order valence-electron chi connectivity index (χ2n) is 9.05. The topological polar surface area (TPSA) is 107 Å². The third-order valence-electron chi connectivity index (χ3n) is 6.91. The van der Waals surface area contributed by atoms with Crippen LogP contribution in [0.4, 0.5) is 13.2 Å². The second kappa shape index (κ2) is 12.3. The molecule has 1 aliphatic carbocycles. The SMILES string of the molecule is CCCCNC(=N)N[C@H]1CC[C@@]2(c3ccc(OC)c(OC)c3)CCN(C)[C@H]2C1.O=C(O)C(F)(F)F. The molecular weight excluding hydrogens is 465 g/mol. The summed E-state index contributed by atoms with van der Waals surface area (Å²) in [4.78, 5) is 11.4. The number of likely N-dealkylation sites (N-methyl/N-ethyl adjacent to an activating group) is 1. The van der Waals surface area contributed by atoms with Gasteiger partial charge >= 0.3 is 12.1 Å². The molecule has 0 amide bonds. The Kier molecular flexibility index (Phi) is 10.1. The van der Waals surface area contributed by atoms with Gasteiger partial charge in [0.1, 0.15) is 0 Å². The first-order valence-corrected chi connectivity index (χ1v) is 11.8. The standard InChI is InChI=1S/C22H36N4O2.C2HF3O2/c1-5-6-12-24-21(23)25-17-9-10-22(11-13-26(2)20(22)15-17)16-7-8-18(27-3)19(14-16)28-4;3-2(4,5)1(6)7/h7-8,14,17,20H,5-6,9-13,15H2,1-4H3,(H3,23,24,25);(H,6,7)/t17-,20-,22-;/m0./s1. The van der Waals surface area contributed by atoms with Gasteiger partial charge in [-0.1, -0.05) is 19.4 Å². The van der Waals surface area contributed by atoms with Crippen molar-refractivity contribution in [3.63, 3.8) is 0 Å². The second-order valence-corrected chi connectivity index (χ2v) is 9.05. The third kappa shape index (κ3) is 7.16. The molecule has 1 saturated carbocycles. The summed E-state index contributed by atoms with van der Waals surface area (Å²) in [5.41, 5.74) is 1.51. The number of carboxylic acids is 1. The van der Waals surface area contributed by atoms with Gasteiger partial charge in [0.15, 0.2) is 17.5 Å². The van der Waals surface area contributed by atoms with Crippen molar-refractivity contribution >= 4 is 11.9 Å². The number of unbranched alkanes of at least 4 members (excludes halogenated alkanes) is 1. The average molecular weight is 503 g/mol. The van der Waals surface area contributed by atoms with E-state index in [2.05, 4.69) is 41.6 Å². The summed E-state index contributed by atoms with van der Waals surface area (Å²) in [6.45, 7) is 4.15. The van der Waals surface area contributed by atoms with E-state index in [-0.39, 0.29) is 5.41 Å². The van der Waals surface area contributed by atoms with Gasteiger partial charge < -0.3 is 30.1 Å². The number of methoxy groups -OCH3 is 2. The molecule has 0 radical (unpaired) electrons. The number of guanidine groups is 1. The van der Waals surface area contributed by atoms with E-state index in [0.717, 1.165) is 56.7 Å². The van der Waals surface area contributed by atoms with Crippen LogP contribution < -0.4 is 20.1 Å². The molecule has 1 aliphatic heterocycles. The molecule has 1 aromatic carbocycles. The van der Waals surface area contributed by atoms with E-state index in [0.29, 0.717) is 18.0 Å². The summed E-state index contributed by atoms with van der Waals surface area (Å²) < 4.78 is 42.7. The Morgan fingerprint density at radius 3 is 2.49 bits per heavy atom. The number of hydrogen-bond donors (Lipinski definition) is 4. The van der Waals surface area contributed by atoms with Crippen LogP contribution in [0, 0.1) is 5.41 Å². The number of nitrogens with zero attached hydrogens (tertiary/aromatic N) is 1. The van der Waals surface area contributed by atoms with Crippen LogP contribution in [0.15, 0.2) is 18.2 Å². The highest BCUT2D eigenvalue weighted by molar-refractivity contribution is 5.76. The molecule has 0 aromatic heterocycles. The molecule has 1 aromatic rings. The van der Waals surface area contributed by atoms with Crippen molar-refractivity contribution in [3.8, 4) is 11.5 Å². The monoisotopic (exact) mass is 502 g/mol. The number of likely N-dealkylation sites (tertiary alicyclic amines) is 1. The van der Waals surface area contributed by atoms with E-state index >= 15 is 0 Å². The molecule has 198 valence electrons. The molecule has 1 saturated heterocycles. The Morgan fingerprint density at radius 2 is 1.91 bits per heavy atom. The van der Waals surface area contributed by atoms with Gasteiger partial charge in [0.05, 0.1) is 14.2 Å². The molecule has 1 heterocycles. The van der Waals surface area contributed by atoms with E-state index in [1.807, 2.05) is 6.07 Å². The number of halogens is 3. The van der Waals surface area contributed by atoms with Crippen molar-refractivity contribution in [1.82, 2.24) is 15.5 Å². The number of carboxylic acid groups (broad SMARTS) is 1. The Labute approximate surface area is 204 Å². The number of alkyl halides is 3. The summed E-state index contributed by atoms with van der Waals surface area (Å²) in [6, 6.07) is 7.25. The minimum atomic E-state index is -5.08. The summed E-state index contributed by atoms with van der Waals surface area (Å²) in [7, 11) is 5.62. The largest absolute Gasteiger partial charge is 0.493 e. The first-order valence-electron chi connectivity index (χ1n) is 11.8. The number of aliphatic carboxylic acids is 1. The van der Waals surface area contributed by atoms with Crippen LogP contribution in [-0.4, -0.2) is 74.6 Å². The first kappa shape index (κ1) is 28.5. The third-order valence-corrected chi connectivity index (χ3v) is 6.91. The van der Waals surface area contributed by atoms with E-state index in [1.165, 1.54) is 12.0 Å². The number of nitrogens with one attached hydrogen (secondary N) is 3. The Morgan fingerprint density at radius 1 is 1.26 bits per heavy atom. The molecule has 3 rings (SSSR count). The molecule has 0 spiro atoms. The molecule has 2 aliphatic rings. The van der Waals surface area contributed by atoms with Gasteiger partial charge in [-0.3, -0.25) is 5.41 Å². The Balaban J connectivity index is 0.000000540. The fraction of sp³-hybridized carbons (Fsp3) is 0.667. The van der Waals surface area contributed by atoms with E-state index < -0.39 is 12.1 Å². The normalized spacial score (nSPS) is 24.0. The van der Waals surface area contributed by atoms with Crippen LogP contribution in [-0.2, 0) is 10.2 Å². The molecule has 2 fully saturated rings. The summed E-state index contributed by atoms with van der Waals surface area (Å²) in [5, 5.41) is 21.9. The zero-order valence-corrected chi connectivity index (χ0v) is 20.8. The lowest BCUT2D eigenvalue weighted by atomic mass is 9.65. The van der Waals surface area contributed by atoms with Crippen molar-refractivity contribution in [2.24, 2.45) is 0 Å². The summed E-state index contributed by atoms with van der Waals surface area (Å²) >= 11 is 0. The molecule has 4 N–H and O–H groups in total. The van der Waals surface area contributed by atoms with Gasteiger partial charge in [0.25, 0.3) is 0 Å². The first-order chi connectivity index (χ1) is 16.5. The van der Waals surface area contributed by atoms with Gasteiger partial charge in [-0.2, -0.15) is 13.2 Å². The van der Waals surface area contributed by atoms with Crippen molar-refractivity contribution in [1.29, 1.82) is 5.41 Å². The van der Waals surface area contributed by atoms with Gasteiger partial charge in [0.2, 0.25) is 0 Å². The fourth-order valence-corrected chi connectivity index (χ4v) is 5.04. The highest BCUT2D eigenvalue weighted by Crippen LogP contribution is 2.49. The quantitative estimate of drug-likeness (QED) is 0.256. The maximum Gasteiger partial charge on any atom is 0.490 e. The van der Waals surface area contributed by atoms with Gasteiger partial charge in [0, 0.05) is 24.0 Å². The lowest BCUT2D eigenvalue weighted by Crippen LogP contribution is -2.53. The molecule has 3 atom stereocenters. The maximum absolute atomic E-state index is 10.6. The molecule has 8 nitrogen and oxygen atoms in total. The maximum atomic E-state index is 10.6. The number of carbonyl (C=O) groups is 1. The predicted molar refractivity (Wildman–Crippen MR) is 127 cm³/mol. The number of hydrogen-bond acceptors (Lipinski definition) is 5. The summed E-state index contributed by atoms with van der Waals surface area (Å²) in [5.74, 6) is -0.692. The van der Waals surface area contributed by atoms with Crippen molar-refractivity contribution in [2.45, 2.75) is 69.1 Å². The van der Waals surface area contributed by atoms with Crippen molar-refractivity contribution in [3.05, 3.63) is 23.8 Å². The number of rotatable bonds is 7. The van der Waals surface area contributed by atoms with Crippen LogP contribution in [0.5, 0.6) is 11.5 Å². The minimum Gasteiger partial charge on any atom is -0.493 e. The molecule has 0 unspecified atom stereocenters. The van der Waals surface area contributed by atoms with Gasteiger partial charge in [-0.05, 0) is 63.4 Å². The Bertz CT molecular complexity index is 868. The van der Waals surface area contributed by atoms with Crippen LogP contribution in [0.3, 0.4) is 0 Å². The van der Waals surface area contributed by atoms with E-state index in [9.17, 15) is 13.2 Å². The molecule has 35 heavy (non-hydrogen) atoms. The van der Waals surface area contributed by atoms with E-state index in [4.69, 9.17) is 24.8 Å². The van der Waals surface area contributed by atoms with Gasteiger partial charge in [-0.25, -0.2) is 4.79 Å². The molecular formula is C24H37F3N4O4. The lowest BCUT2D eigenvalue weighted by Gasteiger charge is -2.45. The van der Waals surface area contributed by atoms with E-state index in [1.54, 1.807) is 14.2 Å².